The summed E-state index contributed by atoms with van der Waals surface area (Å²) in [7, 11) is 0. The van der Waals surface area contributed by atoms with Crippen LogP contribution in [0.1, 0.15) is 38.5 Å². The Kier molecular flexibility index (Phi) is 4.00. The Hall–Kier alpha value is -2.61. The van der Waals surface area contributed by atoms with Gasteiger partial charge in [-0.25, -0.2) is 0 Å². The molecule has 0 unspecified atom stereocenters. The summed E-state index contributed by atoms with van der Waals surface area (Å²) < 4.78 is 2.58. The molecule has 7 rings (SSSR count). The van der Waals surface area contributed by atoms with E-state index in [2.05, 4.69) is 94.7 Å². The second kappa shape index (κ2) is 6.73. The lowest BCUT2D eigenvalue weighted by Gasteiger charge is -2.53. The van der Waals surface area contributed by atoms with Gasteiger partial charge in [0.15, 0.2) is 17.9 Å². The van der Waals surface area contributed by atoms with E-state index in [1.165, 1.54) is 55.6 Å². The van der Waals surface area contributed by atoms with Gasteiger partial charge in [0.25, 0.3) is 0 Å². The average Bonchev–Trinajstić information content (AvgIpc) is 2.75. The molecule has 4 saturated carbocycles. The molecule has 2 nitrogen and oxygen atoms in total. The minimum atomic E-state index is 0.387. The van der Waals surface area contributed by atoms with Crippen molar-refractivity contribution in [3.63, 3.8) is 0 Å². The Balaban J connectivity index is 1.37. The molecule has 2 heteroatoms. The van der Waals surface area contributed by atoms with Crippen LogP contribution in [0, 0.1) is 17.8 Å². The van der Waals surface area contributed by atoms with Crippen LogP contribution in [0.25, 0.3) is 0 Å². The summed E-state index contributed by atoms with van der Waals surface area (Å²) in [6, 6.07) is 26.0. The number of rotatable bonds is 4. The fourth-order valence-corrected chi connectivity index (χ4v) is 6.87. The third-order valence-electron chi connectivity index (χ3n) is 7.65. The molecule has 0 N–H and O–H groups in total. The van der Waals surface area contributed by atoms with Crippen molar-refractivity contribution in [1.29, 1.82) is 0 Å². The van der Waals surface area contributed by atoms with Crippen molar-refractivity contribution in [2.24, 2.45) is 17.8 Å². The molecule has 29 heavy (non-hydrogen) atoms. The Morgan fingerprint density at radius 1 is 0.586 bits per heavy atom. The van der Waals surface area contributed by atoms with Crippen LogP contribution in [-0.2, 0) is 5.54 Å². The van der Waals surface area contributed by atoms with E-state index in [9.17, 15) is 0 Å². The summed E-state index contributed by atoms with van der Waals surface area (Å²) in [4.78, 5) is 2.35. The fraction of sp³-hybridized carbons (Fsp3) is 0.370. The molecule has 3 aromatic rings. The Morgan fingerprint density at radius 3 is 1.45 bits per heavy atom. The number of anilines is 3. The van der Waals surface area contributed by atoms with Crippen molar-refractivity contribution in [3.05, 3.63) is 85.2 Å². The first-order valence-corrected chi connectivity index (χ1v) is 11.2. The van der Waals surface area contributed by atoms with Crippen LogP contribution < -0.4 is 9.47 Å². The molecule has 0 atom stereocenters. The van der Waals surface area contributed by atoms with Gasteiger partial charge < -0.3 is 4.90 Å². The molecule has 146 valence electrons. The zero-order chi connectivity index (χ0) is 19.3. The topological polar surface area (TPSA) is 7.12 Å². The molecule has 2 aromatic carbocycles. The Morgan fingerprint density at radius 2 is 1.00 bits per heavy atom. The summed E-state index contributed by atoms with van der Waals surface area (Å²) in [5.74, 6) is 2.91. The van der Waals surface area contributed by atoms with Gasteiger partial charge in [-0.1, -0.05) is 36.4 Å². The van der Waals surface area contributed by atoms with Crippen LogP contribution in [0.4, 0.5) is 17.1 Å². The highest BCUT2D eigenvalue weighted by Gasteiger charge is 2.56. The summed E-state index contributed by atoms with van der Waals surface area (Å²) in [6.45, 7) is 0. The van der Waals surface area contributed by atoms with Gasteiger partial charge in [0.1, 0.15) is 0 Å². The minimum absolute atomic E-state index is 0.387. The SMILES string of the molecule is c1ccc(N(c2ccccc2)c2cc[n+](C34CC5CC(CC(C5)C3)C4)cc2)cc1. The van der Waals surface area contributed by atoms with E-state index in [1.807, 2.05) is 0 Å². The van der Waals surface area contributed by atoms with E-state index in [0.717, 1.165) is 17.8 Å². The molecule has 1 aromatic heterocycles. The number of aromatic nitrogens is 1. The van der Waals surface area contributed by atoms with Gasteiger partial charge in [-0.2, -0.15) is 4.57 Å². The second-order valence-electron chi connectivity index (χ2n) is 9.61. The molecule has 0 aliphatic heterocycles. The molecule has 0 amide bonds. The van der Waals surface area contributed by atoms with Crippen molar-refractivity contribution in [2.45, 2.75) is 44.1 Å². The van der Waals surface area contributed by atoms with Crippen LogP contribution >= 0.6 is 0 Å². The van der Waals surface area contributed by atoms with Crippen LogP contribution in [0.3, 0.4) is 0 Å². The zero-order valence-electron chi connectivity index (χ0n) is 17.0. The average molecular weight is 382 g/mol. The number of nitrogens with zero attached hydrogens (tertiary/aromatic N) is 2. The van der Waals surface area contributed by atoms with Gasteiger partial charge in [-0.3, -0.25) is 0 Å². The molecular weight excluding hydrogens is 352 g/mol. The molecule has 4 fully saturated rings. The first kappa shape index (κ1) is 17.3. The van der Waals surface area contributed by atoms with Crippen LogP contribution in [-0.4, -0.2) is 0 Å². The summed E-state index contributed by atoms with van der Waals surface area (Å²) in [5.41, 5.74) is 4.01. The van der Waals surface area contributed by atoms with E-state index < -0.39 is 0 Å². The van der Waals surface area contributed by atoms with Crippen molar-refractivity contribution in [2.75, 3.05) is 4.90 Å². The molecule has 4 aliphatic rings. The Bertz CT molecular complexity index is 903. The van der Waals surface area contributed by atoms with Gasteiger partial charge in [0.05, 0.1) is 5.69 Å². The highest BCUT2D eigenvalue weighted by molar-refractivity contribution is 5.75. The van der Waals surface area contributed by atoms with Crippen LogP contribution in [0.5, 0.6) is 0 Å². The molecule has 0 saturated heterocycles. The maximum atomic E-state index is 2.58. The number of hydrogen-bond acceptors (Lipinski definition) is 1. The van der Waals surface area contributed by atoms with E-state index in [-0.39, 0.29) is 0 Å². The molecular formula is C27H29N2+. The molecule has 4 bridgehead atoms. The predicted molar refractivity (Wildman–Crippen MR) is 117 cm³/mol. The van der Waals surface area contributed by atoms with Crippen molar-refractivity contribution < 1.29 is 4.57 Å². The van der Waals surface area contributed by atoms with E-state index in [4.69, 9.17) is 0 Å². The van der Waals surface area contributed by atoms with Crippen LogP contribution in [0.2, 0.25) is 0 Å². The first-order valence-electron chi connectivity index (χ1n) is 11.2. The summed E-state index contributed by atoms with van der Waals surface area (Å²) in [5, 5.41) is 0. The number of benzene rings is 2. The van der Waals surface area contributed by atoms with E-state index in [1.54, 1.807) is 0 Å². The van der Waals surface area contributed by atoms with E-state index in [0.29, 0.717) is 5.54 Å². The van der Waals surface area contributed by atoms with Crippen LogP contribution in [0.15, 0.2) is 85.2 Å². The third-order valence-corrected chi connectivity index (χ3v) is 7.65. The van der Waals surface area contributed by atoms with Gasteiger partial charge in [-0.15, -0.1) is 0 Å². The largest absolute Gasteiger partial charge is 0.310 e. The second-order valence-corrected chi connectivity index (χ2v) is 9.61. The lowest BCUT2D eigenvalue weighted by atomic mass is 9.53. The highest BCUT2D eigenvalue weighted by atomic mass is 15.1. The van der Waals surface area contributed by atoms with Gasteiger partial charge >= 0.3 is 0 Å². The maximum absolute atomic E-state index is 2.58. The predicted octanol–water partition coefficient (Wildman–Crippen LogP) is 6.37. The third kappa shape index (κ3) is 2.97. The maximum Gasteiger partial charge on any atom is 0.171 e. The molecule has 0 spiro atoms. The molecule has 0 radical (unpaired) electrons. The monoisotopic (exact) mass is 381 g/mol. The smallest absolute Gasteiger partial charge is 0.171 e. The fourth-order valence-electron chi connectivity index (χ4n) is 6.87. The van der Waals surface area contributed by atoms with Gasteiger partial charge in [0.2, 0.25) is 0 Å². The Labute approximate surface area is 173 Å². The number of para-hydroxylation sites is 2. The van der Waals surface area contributed by atoms with Crippen molar-refractivity contribution in [3.8, 4) is 0 Å². The minimum Gasteiger partial charge on any atom is -0.310 e. The zero-order valence-corrected chi connectivity index (χ0v) is 17.0. The lowest BCUT2D eigenvalue weighted by molar-refractivity contribution is -0.776. The molecule has 4 aliphatic carbocycles. The van der Waals surface area contributed by atoms with Gasteiger partial charge in [-0.05, 0) is 61.3 Å². The summed E-state index contributed by atoms with van der Waals surface area (Å²) in [6.07, 6.45) is 13.4. The highest BCUT2D eigenvalue weighted by Crippen LogP contribution is 2.56. The lowest BCUT2D eigenvalue weighted by Crippen LogP contribution is -2.64. The van der Waals surface area contributed by atoms with Gasteiger partial charge in [0, 0.05) is 42.8 Å². The number of hydrogen-bond donors (Lipinski definition) is 0. The molecule has 1 heterocycles. The summed E-state index contributed by atoms with van der Waals surface area (Å²) >= 11 is 0. The normalized spacial score (nSPS) is 29.7. The quantitative estimate of drug-likeness (QED) is 0.476. The van der Waals surface area contributed by atoms with Crippen molar-refractivity contribution in [1.82, 2.24) is 0 Å². The first-order chi connectivity index (χ1) is 14.3. The standard InChI is InChI=1S/C27H29N2/c1-3-7-24(8-4-1)29(25-9-5-2-6-10-25)26-11-13-28(14-12-26)27-18-21-15-22(19-27)17-23(16-21)20-27/h1-14,21-23H,15-20H2/q+1. The van der Waals surface area contributed by atoms with Crippen molar-refractivity contribution >= 4 is 17.1 Å². The van der Waals surface area contributed by atoms with E-state index >= 15 is 0 Å². The number of pyridine rings is 1.